The first-order chi connectivity index (χ1) is 12.8. The van der Waals surface area contributed by atoms with E-state index in [0.29, 0.717) is 12.5 Å². The number of guanidine groups is 1. The third-order valence-electron chi connectivity index (χ3n) is 4.47. The molecule has 0 radical (unpaired) electrons. The van der Waals surface area contributed by atoms with Crippen LogP contribution in [0.4, 0.5) is 10.1 Å². The molecule has 4 N–H and O–H groups in total. The zero-order valence-corrected chi connectivity index (χ0v) is 18.3. The molecule has 1 heterocycles. The number of benzene rings is 2. The Morgan fingerprint density at radius 2 is 1.57 bits per heavy atom. The molecule has 1 aliphatic rings. The molecule has 0 bridgehead atoms. The molecule has 0 spiro atoms. The van der Waals surface area contributed by atoms with Crippen molar-refractivity contribution < 1.29 is 12.8 Å². The Balaban J connectivity index is 0.00000280. The Bertz CT molecular complexity index is 912. The fourth-order valence-electron chi connectivity index (χ4n) is 2.90. The van der Waals surface area contributed by atoms with Crippen LogP contribution in [0.15, 0.2) is 58.4 Å². The minimum atomic E-state index is -3.69. The van der Waals surface area contributed by atoms with Crippen LogP contribution in [0.2, 0.25) is 0 Å². The first-order valence-corrected chi connectivity index (χ1v) is 10.0. The lowest BCUT2D eigenvalue weighted by Gasteiger charge is -2.36. The van der Waals surface area contributed by atoms with Crippen molar-refractivity contribution in [2.45, 2.75) is 11.4 Å². The van der Waals surface area contributed by atoms with E-state index in [9.17, 15) is 12.8 Å². The first kappa shape index (κ1) is 22.4. The van der Waals surface area contributed by atoms with Crippen molar-refractivity contribution in [1.82, 2.24) is 4.90 Å². The summed E-state index contributed by atoms with van der Waals surface area (Å²) in [5.41, 5.74) is 7.92. The van der Waals surface area contributed by atoms with Crippen molar-refractivity contribution in [1.29, 1.82) is 0 Å². The molecule has 1 fully saturated rings. The number of anilines is 1. The van der Waals surface area contributed by atoms with Crippen molar-refractivity contribution >= 4 is 45.6 Å². The van der Waals surface area contributed by atoms with Crippen molar-refractivity contribution in [2.24, 2.45) is 15.9 Å². The van der Waals surface area contributed by atoms with Gasteiger partial charge >= 0.3 is 0 Å². The number of aliphatic imine (C=N–C) groups is 1. The number of piperazine rings is 1. The van der Waals surface area contributed by atoms with E-state index in [1.165, 1.54) is 24.3 Å². The van der Waals surface area contributed by atoms with Gasteiger partial charge in [0.2, 0.25) is 10.0 Å². The van der Waals surface area contributed by atoms with Crippen molar-refractivity contribution in [3.63, 3.8) is 0 Å². The predicted molar refractivity (Wildman–Crippen MR) is 119 cm³/mol. The van der Waals surface area contributed by atoms with E-state index in [1.54, 1.807) is 24.3 Å². The maximum absolute atomic E-state index is 13.0. The maximum atomic E-state index is 13.0. The van der Waals surface area contributed by atoms with E-state index >= 15 is 0 Å². The second-order valence-corrected chi connectivity index (χ2v) is 7.88. The molecule has 2 aromatic rings. The molecule has 1 aliphatic heterocycles. The SMILES string of the molecule is I.NC(=NCc1ccc(S(N)(=O)=O)cc1)N1CCN(c2ccc(F)cc2)CC1. The standard InChI is InChI=1S/C18H22FN5O2S.HI/c19-15-3-5-16(6-4-15)23-9-11-24(12-10-23)18(20)22-13-14-1-7-17(8-2-14)27(21,25)26;/h1-8H,9-13H2,(H2,20,22)(H2,21,25,26);1H. The fourth-order valence-corrected chi connectivity index (χ4v) is 3.42. The molecule has 0 saturated carbocycles. The van der Waals surface area contributed by atoms with Gasteiger partial charge in [0.1, 0.15) is 5.82 Å². The van der Waals surface area contributed by atoms with Crippen LogP contribution >= 0.6 is 24.0 Å². The number of halogens is 2. The van der Waals surface area contributed by atoms with E-state index in [2.05, 4.69) is 9.89 Å². The summed E-state index contributed by atoms with van der Waals surface area (Å²) < 4.78 is 35.6. The highest BCUT2D eigenvalue weighted by Crippen LogP contribution is 2.17. The Morgan fingerprint density at radius 1 is 1.00 bits per heavy atom. The van der Waals surface area contributed by atoms with Crippen molar-refractivity contribution in [2.75, 3.05) is 31.1 Å². The number of primary sulfonamides is 1. The topological polar surface area (TPSA) is 105 Å². The molecule has 1 saturated heterocycles. The summed E-state index contributed by atoms with van der Waals surface area (Å²) in [6.45, 7) is 3.33. The first-order valence-electron chi connectivity index (χ1n) is 8.50. The minimum Gasteiger partial charge on any atom is -0.370 e. The largest absolute Gasteiger partial charge is 0.370 e. The predicted octanol–water partition coefficient (Wildman–Crippen LogP) is 1.73. The monoisotopic (exact) mass is 519 g/mol. The van der Waals surface area contributed by atoms with Gasteiger partial charge in [0.25, 0.3) is 0 Å². The highest BCUT2D eigenvalue weighted by atomic mass is 127. The summed E-state index contributed by atoms with van der Waals surface area (Å²) in [5.74, 6) is 0.204. The lowest BCUT2D eigenvalue weighted by atomic mass is 10.2. The molecule has 0 aromatic heterocycles. The zero-order valence-electron chi connectivity index (χ0n) is 15.2. The molecule has 28 heavy (non-hydrogen) atoms. The fraction of sp³-hybridized carbons (Fsp3) is 0.278. The molecule has 2 aromatic carbocycles. The van der Waals surface area contributed by atoms with E-state index < -0.39 is 10.0 Å². The van der Waals surface area contributed by atoms with Gasteiger partial charge in [-0.2, -0.15) is 0 Å². The number of hydrogen-bond donors (Lipinski definition) is 2. The quantitative estimate of drug-likeness (QED) is 0.364. The third kappa shape index (κ3) is 5.79. The van der Waals surface area contributed by atoms with Crippen LogP contribution < -0.4 is 15.8 Å². The summed E-state index contributed by atoms with van der Waals surface area (Å²) in [6.07, 6.45) is 0. The molecular weight excluding hydrogens is 496 g/mol. The Labute approximate surface area is 181 Å². The van der Waals surface area contributed by atoms with Gasteiger partial charge in [0, 0.05) is 31.9 Å². The minimum absolute atomic E-state index is 0. The van der Waals surface area contributed by atoms with Crippen LogP contribution in [0.3, 0.4) is 0 Å². The lowest BCUT2D eigenvalue weighted by Crippen LogP contribution is -2.51. The highest BCUT2D eigenvalue weighted by molar-refractivity contribution is 14.0. The maximum Gasteiger partial charge on any atom is 0.238 e. The average Bonchev–Trinajstić information content (AvgIpc) is 2.66. The van der Waals surface area contributed by atoms with Gasteiger partial charge in [0.05, 0.1) is 11.4 Å². The average molecular weight is 519 g/mol. The van der Waals surface area contributed by atoms with Gasteiger partial charge < -0.3 is 15.5 Å². The normalized spacial score (nSPS) is 15.3. The van der Waals surface area contributed by atoms with Crippen LogP contribution in [0.1, 0.15) is 5.56 Å². The summed E-state index contributed by atoms with van der Waals surface area (Å²) in [4.78, 5) is 8.63. The number of hydrogen-bond acceptors (Lipinski definition) is 4. The molecule has 0 amide bonds. The van der Waals surface area contributed by atoms with Gasteiger partial charge in [0.15, 0.2) is 5.96 Å². The van der Waals surface area contributed by atoms with Gasteiger partial charge in [-0.3, -0.25) is 0 Å². The van der Waals surface area contributed by atoms with Gasteiger partial charge in [-0.15, -0.1) is 24.0 Å². The number of nitrogens with zero attached hydrogens (tertiary/aromatic N) is 3. The summed E-state index contributed by atoms with van der Waals surface area (Å²) in [5, 5.41) is 5.08. The van der Waals surface area contributed by atoms with Crippen LogP contribution in [0.25, 0.3) is 0 Å². The molecule has 10 heteroatoms. The van der Waals surface area contributed by atoms with Crippen LogP contribution in [0, 0.1) is 5.82 Å². The Morgan fingerprint density at radius 3 is 2.11 bits per heavy atom. The summed E-state index contributed by atoms with van der Waals surface area (Å²) in [6, 6.07) is 12.7. The zero-order chi connectivity index (χ0) is 19.4. The molecule has 3 rings (SSSR count). The Hall–Kier alpha value is -1.92. The molecule has 0 aliphatic carbocycles. The summed E-state index contributed by atoms with van der Waals surface area (Å²) >= 11 is 0. The van der Waals surface area contributed by atoms with Crippen LogP contribution in [-0.2, 0) is 16.6 Å². The lowest BCUT2D eigenvalue weighted by molar-refractivity contribution is 0.380. The van der Waals surface area contributed by atoms with Crippen LogP contribution in [-0.4, -0.2) is 45.5 Å². The second-order valence-electron chi connectivity index (χ2n) is 6.31. The van der Waals surface area contributed by atoms with Crippen molar-refractivity contribution in [3.05, 3.63) is 59.9 Å². The van der Waals surface area contributed by atoms with Gasteiger partial charge in [-0.1, -0.05) is 12.1 Å². The van der Waals surface area contributed by atoms with E-state index in [-0.39, 0.29) is 34.7 Å². The number of nitrogens with two attached hydrogens (primary N) is 2. The Kier molecular flexibility index (Phi) is 7.61. The molecular formula is C18H23FIN5O2S. The van der Waals surface area contributed by atoms with Crippen LogP contribution in [0.5, 0.6) is 0 Å². The van der Waals surface area contributed by atoms with Crippen molar-refractivity contribution in [3.8, 4) is 0 Å². The molecule has 152 valence electrons. The molecule has 0 unspecified atom stereocenters. The van der Waals surface area contributed by atoms with Gasteiger partial charge in [-0.25, -0.2) is 22.9 Å². The second kappa shape index (κ2) is 9.52. The van der Waals surface area contributed by atoms with Gasteiger partial charge in [-0.05, 0) is 42.0 Å². The summed E-state index contributed by atoms with van der Waals surface area (Å²) in [7, 11) is -3.69. The highest BCUT2D eigenvalue weighted by Gasteiger charge is 2.18. The van der Waals surface area contributed by atoms with E-state index in [1.807, 2.05) is 4.90 Å². The molecule has 7 nitrogen and oxygen atoms in total. The number of rotatable bonds is 4. The third-order valence-corrected chi connectivity index (χ3v) is 5.40. The van der Waals surface area contributed by atoms with E-state index in [0.717, 1.165) is 37.4 Å². The van der Waals surface area contributed by atoms with E-state index in [4.69, 9.17) is 10.9 Å². The molecule has 0 atom stereocenters. The number of sulfonamides is 1. The smallest absolute Gasteiger partial charge is 0.238 e.